The molecule has 7 rings (SSSR count). The highest BCUT2D eigenvalue weighted by Gasteiger charge is 2.40. The van der Waals surface area contributed by atoms with Crippen LogP contribution < -0.4 is 5.32 Å². The predicted octanol–water partition coefficient (Wildman–Crippen LogP) is 6.90. The molecule has 4 atom stereocenters. The van der Waals surface area contributed by atoms with Gasteiger partial charge in [0, 0.05) is 17.7 Å². The molecule has 2 fully saturated rings. The molecule has 0 aliphatic carbocycles. The number of aromatic nitrogens is 2. The third kappa shape index (κ3) is 9.18. The average molecular weight is 751 g/mol. The van der Waals surface area contributed by atoms with E-state index in [9.17, 15) is 19.5 Å². The number of aryl methyl sites for hydroxylation is 1. The number of aliphatic hydroxyl groups excluding tert-OH is 1. The fourth-order valence-electron chi connectivity index (χ4n) is 6.29. The van der Waals surface area contributed by atoms with Crippen molar-refractivity contribution in [2.24, 2.45) is 0 Å². The lowest BCUT2D eigenvalue weighted by Gasteiger charge is -2.36. The third-order valence-corrected chi connectivity index (χ3v) is 11.1. The first-order chi connectivity index (χ1) is 25.8. The number of rotatable bonds is 12. The van der Waals surface area contributed by atoms with Gasteiger partial charge in [0.2, 0.25) is 5.91 Å². The van der Waals surface area contributed by atoms with Crippen LogP contribution in [0.2, 0.25) is 0 Å². The van der Waals surface area contributed by atoms with Gasteiger partial charge in [0.15, 0.2) is 10.6 Å². The second-order valence-corrected chi connectivity index (χ2v) is 15.3. The fourth-order valence-corrected chi connectivity index (χ4v) is 8.15. The maximum Gasteiger partial charge on any atom is 0.408 e. The van der Waals surface area contributed by atoms with Crippen LogP contribution in [-0.2, 0) is 43.6 Å². The minimum atomic E-state index is -0.984. The van der Waals surface area contributed by atoms with Crippen molar-refractivity contribution in [2.75, 3.05) is 5.75 Å². The number of nitrogens with one attached hydrogen (secondary N) is 1. The van der Waals surface area contributed by atoms with E-state index in [1.165, 1.54) is 4.90 Å². The minimum absolute atomic E-state index is 0.0273. The number of imide groups is 1. The molecule has 0 spiro atoms. The van der Waals surface area contributed by atoms with Crippen LogP contribution in [0.3, 0.4) is 0 Å². The van der Waals surface area contributed by atoms with Gasteiger partial charge in [-0.2, -0.15) is 0 Å². The zero-order chi connectivity index (χ0) is 36.7. The van der Waals surface area contributed by atoms with Crippen molar-refractivity contribution in [1.82, 2.24) is 20.4 Å². The Hall–Kier alpha value is -4.92. The van der Waals surface area contributed by atoms with E-state index in [2.05, 4.69) is 15.5 Å². The van der Waals surface area contributed by atoms with Gasteiger partial charge in [-0.1, -0.05) is 114 Å². The largest absolute Gasteiger partial charge is 0.445 e. The van der Waals surface area contributed by atoms with Gasteiger partial charge in [0.25, 0.3) is 5.91 Å². The molecule has 11 nitrogen and oxygen atoms in total. The molecule has 2 N–H and O–H groups in total. The maximum atomic E-state index is 13.2. The Morgan fingerprint density at radius 3 is 2.42 bits per heavy atom. The SMILES string of the molecule is Cc1nnc(SC[C@@H]2C[C@H](c3ccc(CO)cc3)O[C@H](c3cccc(-c4cccc(CN5C(=O)CC(NC(=O)OCc6ccccc6)C5=O)c4)c3)O2)s1. The number of aliphatic hydroxyl groups is 1. The van der Waals surface area contributed by atoms with Crippen molar-refractivity contribution in [3.63, 3.8) is 0 Å². The van der Waals surface area contributed by atoms with Gasteiger partial charge in [-0.15, -0.1) is 10.2 Å². The number of carbonyl (C=O) groups excluding carboxylic acids is 3. The predicted molar refractivity (Wildman–Crippen MR) is 199 cm³/mol. The summed E-state index contributed by atoms with van der Waals surface area (Å²) in [6, 6.07) is 31.7. The van der Waals surface area contributed by atoms with Gasteiger partial charge >= 0.3 is 6.09 Å². The van der Waals surface area contributed by atoms with Crippen LogP contribution in [0, 0.1) is 6.92 Å². The van der Waals surface area contributed by atoms with E-state index in [4.69, 9.17) is 14.2 Å². The number of thioether (sulfide) groups is 1. The molecule has 53 heavy (non-hydrogen) atoms. The number of ether oxygens (including phenoxy) is 3. The lowest BCUT2D eigenvalue weighted by Crippen LogP contribution is -2.41. The topological polar surface area (TPSA) is 140 Å². The molecule has 272 valence electrons. The second-order valence-electron chi connectivity index (χ2n) is 12.9. The van der Waals surface area contributed by atoms with E-state index in [1.54, 1.807) is 23.1 Å². The van der Waals surface area contributed by atoms with Crippen molar-refractivity contribution < 1.29 is 33.7 Å². The van der Waals surface area contributed by atoms with Gasteiger partial charge in [-0.3, -0.25) is 14.5 Å². The lowest BCUT2D eigenvalue weighted by molar-refractivity contribution is -0.245. The highest BCUT2D eigenvalue weighted by atomic mass is 32.2. The number of carbonyl (C=O) groups is 3. The molecule has 2 aliphatic rings. The zero-order valence-electron chi connectivity index (χ0n) is 28.9. The normalized spacial score (nSPS) is 20.1. The summed E-state index contributed by atoms with van der Waals surface area (Å²) in [5, 5.41) is 21.4. The number of nitrogens with zero attached hydrogens (tertiary/aromatic N) is 3. The first kappa shape index (κ1) is 36.4. The summed E-state index contributed by atoms with van der Waals surface area (Å²) < 4.78 is 19.3. The highest BCUT2D eigenvalue weighted by molar-refractivity contribution is 8.01. The molecule has 1 aromatic heterocycles. The minimum Gasteiger partial charge on any atom is -0.445 e. The van der Waals surface area contributed by atoms with Gasteiger partial charge in [0.1, 0.15) is 17.7 Å². The highest BCUT2D eigenvalue weighted by Crippen LogP contribution is 2.40. The van der Waals surface area contributed by atoms with Crippen molar-refractivity contribution >= 4 is 41.0 Å². The Morgan fingerprint density at radius 2 is 1.66 bits per heavy atom. The molecule has 3 amide bonds. The van der Waals surface area contributed by atoms with Crippen LogP contribution in [0.4, 0.5) is 4.79 Å². The second kappa shape index (κ2) is 16.8. The summed E-state index contributed by atoms with van der Waals surface area (Å²) in [6.07, 6.45) is -1.22. The van der Waals surface area contributed by atoms with E-state index >= 15 is 0 Å². The number of amides is 3. The first-order valence-electron chi connectivity index (χ1n) is 17.3. The fraction of sp³-hybridized carbons (Fsp3) is 0.275. The quantitative estimate of drug-likeness (QED) is 0.102. The van der Waals surface area contributed by atoms with Crippen molar-refractivity contribution in [2.45, 2.75) is 68.4 Å². The van der Waals surface area contributed by atoms with E-state index in [0.29, 0.717) is 12.2 Å². The standard InChI is InChI=1S/C40H38N4O7S2/c1-25-42-43-40(53-25)52-24-33-19-35(29-15-13-26(22-45)14-16-29)51-38(50-33)32-12-6-11-31(18-32)30-10-5-9-28(17-30)21-44-36(46)20-34(37(44)47)41-39(48)49-23-27-7-3-2-4-8-27/h2-18,33-35,38,45H,19-24H2,1H3,(H,41,48)/t33-,34?,35+,38+/m0/s1. The van der Waals surface area contributed by atoms with E-state index in [-0.39, 0.29) is 44.3 Å². The van der Waals surface area contributed by atoms with E-state index in [1.807, 2.05) is 110 Å². The Kier molecular flexibility index (Phi) is 11.6. The van der Waals surface area contributed by atoms with Crippen LogP contribution in [0.15, 0.2) is 107 Å². The third-order valence-electron chi connectivity index (χ3n) is 9.02. The molecule has 0 saturated carbocycles. The molecule has 13 heteroatoms. The Bertz CT molecular complexity index is 2060. The monoisotopic (exact) mass is 750 g/mol. The molecule has 2 saturated heterocycles. The summed E-state index contributed by atoms with van der Waals surface area (Å²) in [4.78, 5) is 39.7. The number of hydrogen-bond donors (Lipinski definition) is 2. The number of alkyl carbamates (subject to hydrolysis) is 1. The molecular formula is C40H38N4O7S2. The molecule has 5 aromatic rings. The molecule has 0 bridgehead atoms. The summed E-state index contributed by atoms with van der Waals surface area (Å²) in [5.74, 6) is -0.155. The van der Waals surface area contributed by atoms with Crippen LogP contribution >= 0.6 is 23.1 Å². The number of benzene rings is 4. The Labute approximate surface area is 315 Å². The van der Waals surface area contributed by atoms with Gasteiger partial charge in [-0.25, -0.2) is 4.79 Å². The van der Waals surface area contributed by atoms with Gasteiger partial charge in [-0.05, 0) is 52.4 Å². The smallest absolute Gasteiger partial charge is 0.408 e. The molecule has 1 unspecified atom stereocenters. The molecular weight excluding hydrogens is 713 g/mol. The van der Waals surface area contributed by atoms with Crippen LogP contribution in [0.25, 0.3) is 11.1 Å². The molecule has 4 aromatic carbocycles. The number of likely N-dealkylation sites (tertiary alicyclic amines) is 1. The zero-order valence-corrected chi connectivity index (χ0v) is 30.6. The summed E-state index contributed by atoms with van der Waals surface area (Å²) in [7, 11) is 0. The Balaban J connectivity index is 1.03. The van der Waals surface area contributed by atoms with E-state index < -0.39 is 24.3 Å². The first-order valence-corrected chi connectivity index (χ1v) is 19.1. The molecule has 0 radical (unpaired) electrons. The van der Waals surface area contributed by atoms with Crippen LogP contribution in [0.1, 0.15) is 58.1 Å². The lowest BCUT2D eigenvalue weighted by atomic mass is 9.99. The van der Waals surface area contributed by atoms with Gasteiger partial charge in [0.05, 0.1) is 31.8 Å². The molecule has 2 aliphatic heterocycles. The maximum absolute atomic E-state index is 13.2. The van der Waals surface area contributed by atoms with Crippen molar-refractivity contribution in [3.8, 4) is 11.1 Å². The molecule has 3 heterocycles. The Morgan fingerprint density at radius 1 is 0.906 bits per heavy atom. The van der Waals surface area contributed by atoms with Gasteiger partial charge < -0.3 is 24.6 Å². The number of hydrogen-bond acceptors (Lipinski definition) is 11. The van der Waals surface area contributed by atoms with Crippen molar-refractivity contribution in [1.29, 1.82) is 0 Å². The van der Waals surface area contributed by atoms with E-state index in [0.717, 1.165) is 48.3 Å². The summed E-state index contributed by atoms with van der Waals surface area (Å²) >= 11 is 3.18. The van der Waals surface area contributed by atoms with Crippen LogP contribution in [0.5, 0.6) is 0 Å². The summed E-state index contributed by atoms with van der Waals surface area (Å²) in [5.41, 5.74) is 6.09. The average Bonchev–Trinajstić information content (AvgIpc) is 3.73. The van der Waals surface area contributed by atoms with Crippen LogP contribution in [-0.4, -0.2) is 56.0 Å². The van der Waals surface area contributed by atoms with Crippen molar-refractivity contribution in [3.05, 3.63) is 136 Å². The summed E-state index contributed by atoms with van der Waals surface area (Å²) in [6.45, 7) is 2.04.